The molecule has 0 spiro atoms. The Morgan fingerprint density at radius 2 is 1.69 bits per heavy atom. The lowest BCUT2D eigenvalue weighted by Gasteiger charge is -2.23. The zero-order valence-corrected chi connectivity index (χ0v) is 19.7. The maximum atomic E-state index is 13.3. The van der Waals surface area contributed by atoms with Crippen LogP contribution in [0.5, 0.6) is 0 Å². The predicted molar refractivity (Wildman–Crippen MR) is 142 cm³/mol. The molecule has 3 N–H and O–H groups in total. The molecular weight excluding hydrogens is 432 g/mol. The topological polar surface area (TPSA) is 69.8 Å². The highest BCUT2D eigenvalue weighted by atomic mass is 16.1. The average Bonchev–Trinajstić information content (AvgIpc) is 3.38. The number of benzene rings is 2. The summed E-state index contributed by atoms with van der Waals surface area (Å²) in [6, 6.07) is 26.2. The molecule has 3 heterocycles. The number of carbonyl (C=O) groups excluding carboxylic acids is 1. The SMILES string of the molecule is O=C(NCc1ccccc1)c1cc(-c2ccnc(/C=C/c3ccccc3)c2)[nH]c1C1CCNCC1. The molecule has 2 aromatic heterocycles. The van der Waals surface area contributed by atoms with E-state index in [9.17, 15) is 4.79 Å². The zero-order valence-electron chi connectivity index (χ0n) is 19.7. The fourth-order valence-electron chi connectivity index (χ4n) is 4.57. The average molecular weight is 463 g/mol. The third kappa shape index (κ3) is 5.76. The Hall–Kier alpha value is -3.96. The van der Waals surface area contributed by atoms with Crippen LogP contribution in [0.1, 0.15) is 51.6 Å². The number of piperidine rings is 1. The van der Waals surface area contributed by atoms with E-state index in [0.29, 0.717) is 12.5 Å². The maximum absolute atomic E-state index is 13.3. The van der Waals surface area contributed by atoms with Gasteiger partial charge in [0.1, 0.15) is 0 Å². The monoisotopic (exact) mass is 462 g/mol. The molecule has 5 heteroatoms. The third-order valence-electron chi connectivity index (χ3n) is 6.47. The summed E-state index contributed by atoms with van der Waals surface area (Å²) in [6.45, 7) is 2.44. The lowest BCUT2D eigenvalue weighted by atomic mass is 9.92. The highest BCUT2D eigenvalue weighted by Gasteiger charge is 2.24. The van der Waals surface area contributed by atoms with E-state index < -0.39 is 0 Å². The minimum atomic E-state index is -0.0388. The molecule has 2 aromatic carbocycles. The van der Waals surface area contributed by atoms with E-state index in [-0.39, 0.29) is 5.91 Å². The van der Waals surface area contributed by atoms with E-state index in [2.05, 4.69) is 44.9 Å². The van der Waals surface area contributed by atoms with Crippen LogP contribution >= 0.6 is 0 Å². The van der Waals surface area contributed by atoms with Gasteiger partial charge in [0, 0.05) is 35.6 Å². The first-order valence-corrected chi connectivity index (χ1v) is 12.2. The molecule has 1 amide bonds. The fourth-order valence-corrected chi connectivity index (χ4v) is 4.57. The van der Waals surface area contributed by atoms with Gasteiger partial charge in [0.2, 0.25) is 0 Å². The summed E-state index contributed by atoms with van der Waals surface area (Å²) in [5.74, 6) is 0.296. The van der Waals surface area contributed by atoms with Crippen molar-refractivity contribution in [1.29, 1.82) is 0 Å². The maximum Gasteiger partial charge on any atom is 0.253 e. The van der Waals surface area contributed by atoms with Crippen LogP contribution in [0.25, 0.3) is 23.4 Å². The van der Waals surface area contributed by atoms with Crippen molar-refractivity contribution in [2.24, 2.45) is 0 Å². The lowest BCUT2D eigenvalue weighted by Crippen LogP contribution is -2.29. The van der Waals surface area contributed by atoms with Crippen LogP contribution in [-0.2, 0) is 6.54 Å². The number of rotatable bonds is 7. The number of hydrogen-bond donors (Lipinski definition) is 3. The molecule has 5 nitrogen and oxygen atoms in total. The quantitative estimate of drug-likeness (QED) is 0.333. The van der Waals surface area contributed by atoms with Crippen LogP contribution in [0.3, 0.4) is 0 Å². The number of H-pyrrole nitrogens is 1. The number of hydrogen-bond acceptors (Lipinski definition) is 3. The Balaban J connectivity index is 1.41. The number of carbonyl (C=O) groups is 1. The number of pyridine rings is 1. The number of nitrogens with zero attached hydrogens (tertiary/aromatic N) is 1. The largest absolute Gasteiger partial charge is 0.357 e. The molecular formula is C30H30N4O. The normalized spacial score (nSPS) is 14.3. The van der Waals surface area contributed by atoms with Gasteiger partial charge < -0.3 is 15.6 Å². The van der Waals surface area contributed by atoms with E-state index in [0.717, 1.165) is 65.3 Å². The Kier molecular flexibility index (Phi) is 7.16. The van der Waals surface area contributed by atoms with E-state index in [4.69, 9.17) is 0 Å². The molecule has 0 unspecified atom stereocenters. The zero-order chi connectivity index (χ0) is 23.9. The van der Waals surface area contributed by atoms with E-state index in [1.54, 1.807) is 0 Å². The molecule has 0 radical (unpaired) electrons. The fraction of sp³-hybridized carbons (Fsp3) is 0.200. The van der Waals surface area contributed by atoms with Crippen LogP contribution < -0.4 is 10.6 Å². The van der Waals surface area contributed by atoms with Crippen LogP contribution in [0.15, 0.2) is 85.1 Å². The molecule has 0 saturated carbocycles. The lowest BCUT2D eigenvalue weighted by molar-refractivity contribution is 0.0949. The first-order chi connectivity index (χ1) is 17.3. The van der Waals surface area contributed by atoms with Crippen LogP contribution in [0.4, 0.5) is 0 Å². The van der Waals surface area contributed by atoms with Crippen molar-refractivity contribution in [3.63, 3.8) is 0 Å². The second kappa shape index (κ2) is 11.0. The molecule has 5 rings (SSSR count). The minimum Gasteiger partial charge on any atom is -0.357 e. The van der Waals surface area contributed by atoms with Gasteiger partial charge in [-0.15, -0.1) is 0 Å². The second-order valence-corrected chi connectivity index (χ2v) is 8.92. The van der Waals surface area contributed by atoms with Crippen molar-refractivity contribution in [2.75, 3.05) is 13.1 Å². The van der Waals surface area contributed by atoms with Crippen LogP contribution in [0.2, 0.25) is 0 Å². The summed E-state index contributed by atoms with van der Waals surface area (Å²) in [4.78, 5) is 21.4. The molecule has 35 heavy (non-hydrogen) atoms. The number of aromatic amines is 1. The van der Waals surface area contributed by atoms with Gasteiger partial charge in [0.15, 0.2) is 0 Å². The van der Waals surface area contributed by atoms with E-state index in [1.807, 2.05) is 72.9 Å². The van der Waals surface area contributed by atoms with Gasteiger partial charge in [-0.2, -0.15) is 0 Å². The third-order valence-corrected chi connectivity index (χ3v) is 6.47. The summed E-state index contributed by atoms with van der Waals surface area (Å²) < 4.78 is 0. The highest BCUT2D eigenvalue weighted by molar-refractivity contribution is 5.97. The van der Waals surface area contributed by atoms with Crippen LogP contribution in [-0.4, -0.2) is 29.0 Å². The standard InChI is InChI=1S/C30H30N4O/c35-30(33-21-23-9-5-2-6-10-23)27-20-28(34-29(27)24-13-16-31-17-14-24)25-15-18-32-26(19-25)12-11-22-7-3-1-4-8-22/h1-12,15,18-20,24,31,34H,13-14,16-17,21H2,(H,33,35)/b12-11+. The Labute approximate surface area is 206 Å². The van der Waals surface area contributed by atoms with Gasteiger partial charge in [-0.05, 0) is 61.3 Å². The molecule has 176 valence electrons. The molecule has 4 aromatic rings. The summed E-state index contributed by atoms with van der Waals surface area (Å²) in [7, 11) is 0. The van der Waals surface area contributed by atoms with Crippen molar-refractivity contribution in [1.82, 2.24) is 20.6 Å². The number of nitrogens with one attached hydrogen (secondary N) is 3. The molecule has 1 saturated heterocycles. The van der Waals surface area contributed by atoms with E-state index >= 15 is 0 Å². The number of aromatic nitrogens is 2. The Bertz CT molecular complexity index is 1290. The summed E-state index contributed by atoms with van der Waals surface area (Å²) in [5.41, 5.74) is 6.82. The summed E-state index contributed by atoms with van der Waals surface area (Å²) in [5, 5.41) is 6.53. The molecule has 0 bridgehead atoms. The number of amides is 1. The predicted octanol–water partition coefficient (Wildman–Crippen LogP) is 5.64. The highest BCUT2D eigenvalue weighted by Crippen LogP contribution is 2.32. The van der Waals surface area contributed by atoms with Crippen LogP contribution in [0, 0.1) is 0 Å². The van der Waals surface area contributed by atoms with Gasteiger partial charge in [0.05, 0.1) is 11.3 Å². The summed E-state index contributed by atoms with van der Waals surface area (Å²) >= 11 is 0. The summed E-state index contributed by atoms with van der Waals surface area (Å²) in [6.07, 6.45) is 7.92. The molecule has 1 fully saturated rings. The molecule has 1 aliphatic rings. The molecule has 0 atom stereocenters. The van der Waals surface area contributed by atoms with Gasteiger partial charge in [-0.1, -0.05) is 66.7 Å². The van der Waals surface area contributed by atoms with Crippen molar-refractivity contribution in [3.8, 4) is 11.3 Å². The van der Waals surface area contributed by atoms with Crippen molar-refractivity contribution >= 4 is 18.1 Å². The Morgan fingerprint density at radius 3 is 2.46 bits per heavy atom. The first-order valence-electron chi connectivity index (χ1n) is 12.2. The van der Waals surface area contributed by atoms with Gasteiger partial charge in [0.25, 0.3) is 5.91 Å². The molecule has 1 aliphatic heterocycles. The van der Waals surface area contributed by atoms with Gasteiger partial charge in [-0.25, -0.2) is 0 Å². The van der Waals surface area contributed by atoms with Crippen molar-refractivity contribution in [2.45, 2.75) is 25.3 Å². The van der Waals surface area contributed by atoms with Gasteiger partial charge in [-0.3, -0.25) is 9.78 Å². The van der Waals surface area contributed by atoms with E-state index in [1.165, 1.54) is 0 Å². The minimum absolute atomic E-state index is 0.0388. The Morgan fingerprint density at radius 1 is 0.943 bits per heavy atom. The molecule has 0 aliphatic carbocycles. The second-order valence-electron chi connectivity index (χ2n) is 8.92. The first kappa shape index (κ1) is 22.8. The van der Waals surface area contributed by atoms with Gasteiger partial charge >= 0.3 is 0 Å². The smallest absolute Gasteiger partial charge is 0.253 e. The van der Waals surface area contributed by atoms with Crippen molar-refractivity contribution in [3.05, 3.63) is 113 Å². The van der Waals surface area contributed by atoms with Crippen molar-refractivity contribution < 1.29 is 4.79 Å².